The summed E-state index contributed by atoms with van der Waals surface area (Å²) in [6.45, 7) is 4.71. The van der Waals surface area contributed by atoms with Crippen molar-refractivity contribution in [3.63, 3.8) is 0 Å². The smallest absolute Gasteiger partial charge is 0.124 e. The predicted octanol–water partition coefficient (Wildman–Crippen LogP) is 13.3. The minimum Gasteiger partial charge on any atom is -0.310 e. The molecular weight excluding hydrogens is 621 g/mol. The van der Waals surface area contributed by atoms with Gasteiger partial charge < -0.3 is 4.90 Å². The molecular formula is C44H30N2S2. The molecule has 0 spiro atoms. The number of hydrogen-bond acceptors (Lipinski definition) is 4. The number of aromatic nitrogens is 1. The summed E-state index contributed by atoms with van der Waals surface area (Å²) in [6, 6.07) is 53.4. The van der Waals surface area contributed by atoms with Crippen molar-refractivity contribution in [1.29, 1.82) is 0 Å². The van der Waals surface area contributed by atoms with E-state index in [0.29, 0.717) is 0 Å². The summed E-state index contributed by atoms with van der Waals surface area (Å²) in [5, 5.41) is 6.19. The van der Waals surface area contributed by atoms with Gasteiger partial charge >= 0.3 is 0 Å². The maximum absolute atomic E-state index is 5.08. The monoisotopic (exact) mass is 650 g/mol. The molecule has 0 unspecified atom stereocenters. The highest BCUT2D eigenvalue weighted by Crippen LogP contribution is 2.52. The van der Waals surface area contributed by atoms with Gasteiger partial charge in [-0.05, 0) is 106 Å². The van der Waals surface area contributed by atoms with Crippen LogP contribution >= 0.6 is 22.7 Å². The van der Waals surface area contributed by atoms with Gasteiger partial charge in [-0.3, -0.25) is 0 Å². The zero-order valence-electron chi connectivity index (χ0n) is 26.6. The zero-order valence-corrected chi connectivity index (χ0v) is 28.2. The van der Waals surface area contributed by atoms with Crippen LogP contribution in [-0.4, -0.2) is 4.98 Å². The van der Waals surface area contributed by atoms with E-state index in [1.54, 1.807) is 11.3 Å². The first-order valence-electron chi connectivity index (χ1n) is 16.4. The third kappa shape index (κ3) is 4.19. The molecule has 0 bridgehead atoms. The summed E-state index contributed by atoms with van der Waals surface area (Å²) >= 11 is 3.64. The Labute approximate surface area is 287 Å². The summed E-state index contributed by atoms with van der Waals surface area (Å²) in [4.78, 5) is 7.47. The SMILES string of the molecule is CC1(C)c2cc3ccc(N(c4ccccc4)c4ccc5sc6ccccc6c5c4)cc3cc2-c2cc3sc(-c4ccccc4)nc3cc21. The molecule has 0 radical (unpaired) electrons. The molecule has 0 saturated heterocycles. The van der Waals surface area contributed by atoms with Crippen molar-refractivity contribution in [1.82, 2.24) is 4.98 Å². The lowest BCUT2D eigenvalue weighted by Crippen LogP contribution is -2.15. The molecule has 4 heteroatoms. The topological polar surface area (TPSA) is 16.1 Å². The Hall–Kier alpha value is -5.29. The van der Waals surface area contributed by atoms with Gasteiger partial charge in [0.1, 0.15) is 5.01 Å². The molecule has 9 aromatic rings. The van der Waals surface area contributed by atoms with Crippen LogP contribution in [0.2, 0.25) is 0 Å². The summed E-state index contributed by atoms with van der Waals surface area (Å²) in [5.41, 5.74) is 11.0. The molecule has 228 valence electrons. The molecule has 0 atom stereocenters. The largest absolute Gasteiger partial charge is 0.310 e. The van der Waals surface area contributed by atoms with E-state index in [0.717, 1.165) is 27.6 Å². The van der Waals surface area contributed by atoms with Crippen molar-refractivity contribution in [3.05, 3.63) is 157 Å². The normalized spacial score (nSPS) is 13.4. The minimum absolute atomic E-state index is 0.114. The Kier molecular flexibility index (Phi) is 5.99. The highest BCUT2D eigenvalue weighted by Gasteiger charge is 2.36. The van der Waals surface area contributed by atoms with E-state index in [9.17, 15) is 0 Å². The van der Waals surface area contributed by atoms with Gasteiger partial charge in [-0.15, -0.1) is 22.7 Å². The lowest BCUT2D eigenvalue weighted by molar-refractivity contribution is 0.662. The van der Waals surface area contributed by atoms with Crippen molar-refractivity contribution >= 4 is 80.9 Å². The summed E-state index contributed by atoms with van der Waals surface area (Å²) in [5.74, 6) is 0. The summed E-state index contributed by atoms with van der Waals surface area (Å²) < 4.78 is 3.87. The van der Waals surface area contributed by atoms with Crippen molar-refractivity contribution in [2.75, 3.05) is 4.90 Å². The molecule has 0 N–H and O–H groups in total. The number of hydrogen-bond donors (Lipinski definition) is 0. The predicted molar refractivity (Wildman–Crippen MR) is 208 cm³/mol. The van der Waals surface area contributed by atoms with E-state index in [2.05, 4.69) is 164 Å². The first-order valence-corrected chi connectivity index (χ1v) is 18.0. The molecule has 10 rings (SSSR count). The molecule has 1 aliphatic rings. The van der Waals surface area contributed by atoms with E-state index in [1.807, 2.05) is 11.3 Å². The number of para-hydroxylation sites is 1. The van der Waals surface area contributed by atoms with Gasteiger partial charge in [0.2, 0.25) is 0 Å². The van der Waals surface area contributed by atoms with E-state index >= 15 is 0 Å². The third-order valence-electron chi connectivity index (χ3n) is 10.0. The Morgan fingerprint density at radius 2 is 1.19 bits per heavy atom. The van der Waals surface area contributed by atoms with Crippen molar-refractivity contribution < 1.29 is 0 Å². The van der Waals surface area contributed by atoms with Crippen molar-refractivity contribution in [2.45, 2.75) is 19.3 Å². The molecule has 2 aromatic heterocycles. The maximum Gasteiger partial charge on any atom is 0.124 e. The van der Waals surface area contributed by atoms with Crippen LogP contribution in [0.15, 0.2) is 146 Å². The molecule has 0 aliphatic heterocycles. The Balaban J connectivity index is 1.13. The van der Waals surface area contributed by atoms with Crippen molar-refractivity contribution in [3.8, 4) is 21.7 Å². The molecule has 48 heavy (non-hydrogen) atoms. The van der Waals surface area contributed by atoms with E-state index < -0.39 is 0 Å². The van der Waals surface area contributed by atoms with Crippen LogP contribution in [0, 0.1) is 0 Å². The number of rotatable bonds is 4. The Morgan fingerprint density at radius 1 is 0.500 bits per heavy atom. The number of fused-ring (bicyclic) bond motifs is 8. The number of thiophene rings is 1. The molecule has 0 fully saturated rings. The Bertz CT molecular complexity index is 2700. The minimum atomic E-state index is -0.114. The standard InChI is InChI=1S/C44H30N2S2/c1-44(2)37-23-28-17-18-31(46(30-13-7-4-8-14-30)32-19-20-41-36(24-32)33-15-9-10-16-40(33)47-41)21-29(28)22-34(37)35-25-42-39(26-38(35)44)45-43(48-42)27-11-5-3-6-12-27/h3-26H,1-2H3. The second-order valence-corrected chi connectivity index (χ2v) is 15.4. The molecule has 1 aliphatic carbocycles. The van der Waals surface area contributed by atoms with Crippen LogP contribution in [0.4, 0.5) is 17.1 Å². The van der Waals surface area contributed by atoms with Crippen LogP contribution in [-0.2, 0) is 5.41 Å². The molecule has 2 heterocycles. The van der Waals surface area contributed by atoms with Gasteiger partial charge in [0.15, 0.2) is 0 Å². The lowest BCUT2D eigenvalue weighted by atomic mass is 9.82. The Morgan fingerprint density at radius 3 is 2.04 bits per heavy atom. The number of thiazole rings is 1. The number of benzene rings is 7. The van der Waals surface area contributed by atoms with Crippen LogP contribution in [0.1, 0.15) is 25.0 Å². The average Bonchev–Trinajstić information content (AvgIpc) is 3.78. The summed E-state index contributed by atoms with van der Waals surface area (Å²) in [7, 11) is 0. The van der Waals surface area contributed by atoms with E-state index in [4.69, 9.17) is 4.98 Å². The lowest BCUT2D eigenvalue weighted by Gasteiger charge is -2.26. The van der Waals surface area contributed by atoms with Gasteiger partial charge in [-0.25, -0.2) is 4.98 Å². The van der Waals surface area contributed by atoms with Crippen molar-refractivity contribution in [2.24, 2.45) is 0 Å². The fourth-order valence-electron chi connectivity index (χ4n) is 7.60. The quantitative estimate of drug-likeness (QED) is 0.188. The van der Waals surface area contributed by atoms with Crippen LogP contribution < -0.4 is 4.90 Å². The third-order valence-corrected chi connectivity index (χ3v) is 12.3. The van der Waals surface area contributed by atoms with Crippen LogP contribution in [0.25, 0.3) is 62.9 Å². The highest BCUT2D eigenvalue weighted by molar-refractivity contribution is 7.25. The summed E-state index contributed by atoms with van der Waals surface area (Å²) in [6.07, 6.45) is 0. The van der Waals surface area contributed by atoms with Crippen LogP contribution in [0.5, 0.6) is 0 Å². The first kappa shape index (κ1) is 27.8. The maximum atomic E-state index is 5.08. The molecule has 0 saturated carbocycles. The molecule has 2 nitrogen and oxygen atoms in total. The second-order valence-electron chi connectivity index (χ2n) is 13.3. The fraction of sp³-hybridized carbons (Fsp3) is 0.0682. The fourth-order valence-corrected chi connectivity index (χ4v) is 9.68. The van der Waals surface area contributed by atoms with Crippen LogP contribution in [0.3, 0.4) is 0 Å². The number of anilines is 3. The van der Waals surface area contributed by atoms with Gasteiger partial charge in [0.05, 0.1) is 10.2 Å². The average molecular weight is 651 g/mol. The second kappa shape index (κ2) is 10.4. The highest BCUT2D eigenvalue weighted by atomic mass is 32.1. The van der Waals surface area contributed by atoms with Gasteiger partial charge in [0.25, 0.3) is 0 Å². The first-order chi connectivity index (χ1) is 23.5. The van der Waals surface area contributed by atoms with Gasteiger partial charge in [-0.1, -0.05) is 86.6 Å². The van der Waals surface area contributed by atoms with E-state index in [-0.39, 0.29) is 5.41 Å². The molecule has 0 amide bonds. The number of nitrogens with zero attached hydrogens (tertiary/aromatic N) is 2. The molecule has 7 aromatic carbocycles. The zero-order chi connectivity index (χ0) is 32.0. The van der Waals surface area contributed by atoms with E-state index in [1.165, 1.54) is 63.5 Å². The van der Waals surface area contributed by atoms with Gasteiger partial charge in [0, 0.05) is 48.2 Å². The van der Waals surface area contributed by atoms with Gasteiger partial charge in [-0.2, -0.15) is 0 Å².